The standard InChI is InChI=1S/C17H20N2/c1-19-8-2-3-17(19)16-11-18-7-6-15(16)13-5-4-12-9-14(12)10-13/h4-7,10-12,14,17H,2-3,8-9H2,1H3/t12?,14?,17-/m0/s1. The van der Waals surface area contributed by atoms with Crippen LogP contribution < -0.4 is 0 Å². The molecule has 1 aromatic rings. The summed E-state index contributed by atoms with van der Waals surface area (Å²) in [6.07, 6.45) is 15.1. The van der Waals surface area contributed by atoms with Gasteiger partial charge in [0.05, 0.1) is 0 Å². The van der Waals surface area contributed by atoms with Crippen molar-refractivity contribution in [2.24, 2.45) is 11.8 Å². The SMILES string of the molecule is CN1CCC[C@H]1c1cnccc1C1=CC2CC2C=C1. The molecule has 2 fully saturated rings. The van der Waals surface area contributed by atoms with Crippen molar-refractivity contribution in [1.29, 1.82) is 0 Å². The van der Waals surface area contributed by atoms with Crippen molar-refractivity contribution >= 4 is 5.57 Å². The molecular weight excluding hydrogens is 232 g/mol. The Labute approximate surface area is 114 Å². The second-order valence-electron chi connectivity index (χ2n) is 6.15. The maximum Gasteiger partial charge on any atom is 0.0366 e. The van der Waals surface area contributed by atoms with E-state index in [1.54, 1.807) is 0 Å². The summed E-state index contributed by atoms with van der Waals surface area (Å²) in [7, 11) is 2.23. The smallest absolute Gasteiger partial charge is 0.0366 e. The summed E-state index contributed by atoms with van der Waals surface area (Å²) in [6.45, 7) is 1.21. The highest BCUT2D eigenvalue weighted by molar-refractivity contribution is 5.78. The maximum absolute atomic E-state index is 4.37. The predicted octanol–water partition coefficient (Wildman–Crippen LogP) is 3.44. The van der Waals surface area contributed by atoms with Crippen LogP contribution in [-0.4, -0.2) is 23.5 Å². The Morgan fingerprint density at radius 3 is 3.05 bits per heavy atom. The molecule has 0 radical (unpaired) electrons. The highest BCUT2D eigenvalue weighted by atomic mass is 15.1. The van der Waals surface area contributed by atoms with Crippen molar-refractivity contribution in [2.75, 3.05) is 13.6 Å². The topological polar surface area (TPSA) is 16.1 Å². The summed E-state index contributed by atoms with van der Waals surface area (Å²) in [5.74, 6) is 1.64. The molecule has 1 saturated carbocycles. The molecule has 1 saturated heterocycles. The lowest BCUT2D eigenvalue weighted by Crippen LogP contribution is -2.18. The minimum atomic E-state index is 0.551. The van der Waals surface area contributed by atoms with Crippen LogP contribution in [0.2, 0.25) is 0 Å². The number of likely N-dealkylation sites (tertiary alicyclic amines) is 1. The van der Waals surface area contributed by atoms with E-state index in [4.69, 9.17) is 0 Å². The van der Waals surface area contributed by atoms with E-state index in [0.717, 1.165) is 11.8 Å². The van der Waals surface area contributed by atoms with Gasteiger partial charge in [0, 0.05) is 18.4 Å². The molecule has 19 heavy (non-hydrogen) atoms. The van der Waals surface area contributed by atoms with Gasteiger partial charge in [-0.05, 0) is 67.5 Å². The lowest BCUT2D eigenvalue weighted by molar-refractivity contribution is 0.316. The van der Waals surface area contributed by atoms with Crippen LogP contribution in [0.5, 0.6) is 0 Å². The summed E-state index contributed by atoms with van der Waals surface area (Å²) in [5, 5.41) is 0. The molecule has 2 aliphatic carbocycles. The summed E-state index contributed by atoms with van der Waals surface area (Å²) in [5.41, 5.74) is 4.23. The lowest BCUT2D eigenvalue weighted by atomic mass is 9.92. The Morgan fingerprint density at radius 1 is 1.32 bits per heavy atom. The van der Waals surface area contributed by atoms with Gasteiger partial charge in [0.25, 0.3) is 0 Å². The number of nitrogens with zero attached hydrogens (tertiary/aromatic N) is 2. The molecule has 2 nitrogen and oxygen atoms in total. The Bertz CT molecular complexity index is 558. The fourth-order valence-electron chi connectivity index (χ4n) is 3.58. The zero-order valence-electron chi connectivity index (χ0n) is 11.4. The second-order valence-corrected chi connectivity index (χ2v) is 6.15. The molecule has 1 aromatic heterocycles. The van der Waals surface area contributed by atoms with Crippen LogP contribution in [0.4, 0.5) is 0 Å². The predicted molar refractivity (Wildman–Crippen MR) is 77.6 cm³/mol. The van der Waals surface area contributed by atoms with E-state index in [-0.39, 0.29) is 0 Å². The van der Waals surface area contributed by atoms with Gasteiger partial charge >= 0.3 is 0 Å². The molecule has 1 aliphatic heterocycles. The van der Waals surface area contributed by atoms with E-state index in [1.807, 2.05) is 6.20 Å². The zero-order valence-corrected chi connectivity index (χ0v) is 11.4. The normalized spacial score (nSPS) is 33.1. The highest BCUT2D eigenvalue weighted by Crippen LogP contribution is 2.47. The maximum atomic E-state index is 4.37. The van der Waals surface area contributed by atoms with Crippen LogP contribution in [-0.2, 0) is 0 Å². The first-order valence-corrected chi connectivity index (χ1v) is 7.37. The first-order valence-electron chi connectivity index (χ1n) is 7.37. The van der Waals surface area contributed by atoms with Gasteiger partial charge in [-0.1, -0.05) is 18.2 Å². The van der Waals surface area contributed by atoms with Crippen molar-refractivity contribution < 1.29 is 0 Å². The minimum absolute atomic E-state index is 0.551. The van der Waals surface area contributed by atoms with Crippen molar-refractivity contribution in [3.05, 3.63) is 47.8 Å². The Morgan fingerprint density at radius 2 is 2.26 bits per heavy atom. The molecule has 4 rings (SSSR count). The average Bonchev–Trinajstić information content (AvgIpc) is 3.11. The molecule has 0 bridgehead atoms. The van der Waals surface area contributed by atoms with Crippen LogP contribution in [0.25, 0.3) is 5.57 Å². The summed E-state index contributed by atoms with van der Waals surface area (Å²) < 4.78 is 0. The number of rotatable bonds is 2. The summed E-state index contributed by atoms with van der Waals surface area (Å²) in [4.78, 5) is 6.84. The van der Waals surface area contributed by atoms with Gasteiger partial charge in [-0.3, -0.25) is 9.88 Å². The molecule has 98 valence electrons. The molecule has 2 heteroatoms. The van der Waals surface area contributed by atoms with Crippen molar-refractivity contribution in [1.82, 2.24) is 9.88 Å². The molecule has 0 amide bonds. The van der Waals surface area contributed by atoms with Crippen molar-refractivity contribution in [2.45, 2.75) is 25.3 Å². The van der Waals surface area contributed by atoms with Gasteiger partial charge in [-0.25, -0.2) is 0 Å². The van der Waals surface area contributed by atoms with Crippen LogP contribution >= 0.6 is 0 Å². The first kappa shape index (κ1) is 11.4. The van der Waals surface area contributed by atoms with Gasteiger partial charge in [0.2, 0.25) is 0 Å². The third kappa shape index (κ3) is 1.95. The molecule has 2 heterocycles. The van der Waals surface area contributed by atoms with Gasteiger partial charge in [-0.2, -0.15) is 0 Å². The van der Waals surface area contributed by atoms with E-state index < -0.39 is 0 Å². The molecule has 2 unspecified atom stereocenters. The highest BCUT2D eigenvalue weighted by Gasteiger charge is 2.35. The van der Waals surface area contributed by atoms with E-state index in [2.05, 4.69) is 47.4 Å². The summed E-state index contributed by atoms with van der Waals surface area (Å²) >= 11 is 0. The monoisotopic (exact) mass is 252 g/mol. The molecular formula is C17H20N2. The minimum Gasteiger partial charge on any atom is -0.299 e. The first-order chi connectivity index (χ1) is 9.33. The van der Waals surface area contributed by atoms with E-state index in [0.29, 0.717) is 6.04 Å². The van der Waals surface area contributed by atoms with E-state index in [1.165, 1.54) is 42.5 Å². The van der Waals surface area contributed by atoms with Crippen molar-refractivity contribution in [3.63, 3.8) is 0 Å². The lowest BCUT2D eigenvalue weighted by Gasteiger charge is -2.23. The van der Waals surface area contributed by atoms with Crippen LogP contribution in [0.15, 0.2) is 36.7 Å². The van der Waals surface area contributed by atoms with Crippen molar-refractivity contribution in [3.8, 4) is 0 Å². The third-order valence-electron chi connectivity index (χ3n) is 4.85. The van der Waals surface area contributed by atoms with Crippen LogP contribution in [0.3, 0.4) is 0 Å². The Kier molecular flexibility index (Phi) is 2.59. The molecule has 0 aromatic carbocycles. The van der Waals surface area contributed by atoms with Crippen LogP contribution in [0.1, 0.15) is 36.4 Å². The van der Waals surface area contributed by atoms with Crippen LogP contribution in [0, 0.1) is 11.8 Å². The number of allylic oxidation sites excluding steroid dienone is 4. The average molecular weight is 252 g/mol. The fraction of sp³-hybridized carbons (Fsp3) is 0.471. The van der Waals surface area contributed by atoms with Gasteiger partial charge in [0.1, 0.15) is 0 Å². The number of hydrogen-bond acceptors (Lipinski definition) is 2. The Balaban J connectivity index is 1.74. The fourth-order valence-corrected chi connectivity index (χ4v) is 3.58. The molecule has 0 N–H and O–H groups in total. The number of pyridine rings is 1. The largest absolute Gasteiger partial charge is 0.299 e. The zero-order chi connectivity index (χ0) is 12.8. The second kappa shape index (κ2) is 4.31. The number of fused-ring (bicyclic) bond motifs is 1. The molecule has 3 aliphatic rings. The van der Waals surface area contributed by atoms with Gasteiger partial charge in [-0.15, -0.1) is 0 Å². The molecule has 0 spiro atoms. The third-order valence-corrected chi connectivity index (χ3v) is 4.85. The molecule has 3 atom stereocenters. The van der Waals surface area contributed by atoms with E-state index >= 15 is 0 Å². The van der Waals surface area contributed by atoms with Gasteiger partial charge < -0.3 is 0 Å². The summed E-state index contributed by atoms with van der Waals surface area (Å²) in [6, 6.07) is 2.75. The Hall–Kier alpha value is -1.41. The number of aromatic nitrogens is 1. The number of hydrogen-bond donors (Lipinski definition) is 0. The van der Waals surface area contributed by atoms with Gasteiger partial charge in [0.15, 0.2) is 0 Å². The quantitative estimate of drug-likeness (QED) is 0.801. The van der Waals surface area contributed by atoms with E-state index in [9.17, 15) is 0 Å².